The first kappa shape index (κ1) is 32.0. The lowest BCUT2D eigenvalue weighted by Gasteiger charge is -2.32. The minimum absolute atomic E-state index is 0.386. The van der Waals surface area contributed by atoms with Gasteiger partial charge in [-0.15, -0.1) is 0 Å². The molecule has 56 heavy (non-hydrogen) atoms. The Hall–Kier alpha value is -7.50. The fourth-order valence-electron chi connectivity index (χ4n) is 8.28. The molecule has 1 unspecified atom stereocenters. The quantitative estimate of drug-likeness (QED) is 0.164. The Morgan fingerprint density at radius 1 is 0.375 bits per heavy atom. The lowest BCUT2D eigenvalue weighted by atomic mass is 10.0. The molecule has 0 bridgehead atoms. The third kappa shape index (κ3) is 5.32. The number of aromatic nitrogens is 2. The number of benzene rings is 8. The third-order valence-corrected chi connectivity index (χ3v) is 10.9. The predicted molar refractivity (Wildman–Crippen MR) is 233 cm³/mol. The highest BCUT2D eigenvalue weighted by Gasteiger charge is 2.18. The van der Waals surface area contributed by atoms with Gasteiger partial charge in [0.05, 0.1) is 34.1 Å². The van der Waals surface area contributed by atoms with Crippen LogP contribution in [0.1, 0.15) is 22.9 Å². The van der Waals surface area contributed by atoms with E-state index in [1.165, 1.54) is 43.7 Å². The largest absolute Gasteiger partial charge is 0.438 e. The molecule has 0 saturated heterocycles. The van der Waals surface area contributed by atoms with Crippen LogP contribution in [0.25, 0.3) is 71.4 Å². The van der Waals surface area contributed by atoms with Gasteiger partial charge < -0.3 is 19.4 Å². The van der Waals surface area contributed by atoms with Gasteiger partial charge in [0.1, 0.15) is 0 Å². The summed E-state index contributed by atoms with van der Waals surface area (Å²) in [5.41, 5.74) is 12.2. The smallest absolute Gasteiger partial charge is 0.0822 e. The van der Waals surface area contributed by atoms with Crippen molar-refractivity contribution in [2.75, 3.05) is 0 Å². The Morgan fingerprint density at radius 3 is 1.52 bits per heavy atom. The molecular formula is C51H34N5-. The lowest BCUT2D eigenvalue weighted by molar-refractivity contribution is 0.878. The second kappa shape index (κ2) is 13.1. The van der Waals surface area contributed by atoms with Gasteiger partial charge in [0.25, 0.3) is 0 Å². The number of nitrogens with zero attached hydrogens (tertiary/aromatic N) is 5. The van der Waals surface area contributed by atoms with Gasteiger partial charge in [-0.05, 0) is 88.5 Å². The molecule has 1 atom stereocenters. The van der Waals surface area contributed by atoms with Crippen molar-refractivity contribution >= 4 is 55.3 Å². The number of rotatable bonds is 6. The fourth-order valence-corrected chi connectivity index (χ4v) is 8.28. The van der Waals surface area contributed by atoms with E-state index >= 15 is 0 Å². The summed E-state index contributed by atoms with van der Waals surface area (Å²) in [5, 5.41) is 10.0. The average Bonchev–Trinajstić information content (AvgIpc) is 3.79. The standard InChI is InChI=1S/C51H34N5/c1-4-15-34(16-5-1)49-52-50(35-17-6-2-7-18-35)54-51(53-49)38-19-14-22-40(31-38)56-46-26-13-11-24-42(46)44-33-37(28-30-48(44)56)36-27-29-47-43(32-36)41-23-10-12-25-45(41)55(47)39-20-8-3-9-21-39/h1-33,49H/q-1. The highest BCUT2D eigenvalue weighted by molar-refractivity contribution is 6.19. The highest BCUT2D eigenvalue weighted by atomic mass is 15.2. The SMILES string of the molecule is c1ccc(C2=NC(c3ccccc3)[N-]C(c3cccc(-n4c5ccccc5c5cc(-c6ccc7c(c6)c6ccccc6n7-c6ccccc6)ccc54)c3)=N2)cc1. The summed E-state index contributed by atoms with van der Waals surface area (Å²) in [6.07, 6.45) is -0.386. The maximum absolute atomic E-state index is 5.10. The molecule has 2 aromatic heterocycles. The number of amidine groups is 2. The number of hydrogen-bond donors (Lipinski definition) is 0. The summed E-state index contributed by atoms with van der Waals surface area (Å²) in [6.45, 7) is 0. The van der Waals surface area contributed by atoms with Crippen LogP contribution in [-0.4, -0.2) is 20.8 Å². The van der Waals surface area contributed by atoms with E-state index in [0.29, 0.717) is 11.7 Å². The van der Waals surface area contributed by atoms with Crippen LogP contribution in [0.15, 0.2) is 210 Å². The van der Waals surface area contributed by atoms with E-state index in [-0.39, 0.29) is 6.17 Å². The molecule has 1 aliphatic rings. The van der Waals surface area contributed by atoms with Gasteiger partial charge in [-0.3, -0.25) is 4.99 Å². The molecule has 0 N–H and O–H groups in total. The van der Waals surface area contributed by atoms with Crippen molar-refractivity contribution in [3.63, 3.8) is 0 Å². The van der Waals surface area contributed by atoms with Gasteiger partial charge in [-0.2, -0.15) is 0 Å². The Balaban J connectivity index is 1.02. The zero-order chi connectivity index (χ0) is 37.0. The maximum Gasteiger partial charge on any atom is 0.0822 e. The van der Waals surface area contributed by atoms with E-state index in [1.54, 1.807) is 0 Å². The van der Waals surface area contributed by atoms with Gasteiger partial charge in [-0.25, -0.2) is 0 Å². The van der Waals surface area contributed by atoms with Crippen LogP contribution in [-0.2, 0) is 0 Å². The molecule has 0 radical (unpaired) electrons. The molecule has 5 nitrogen and oxygen atoms in total. The zero-order valence-corrected chi connectivity index (χ0v) is 30.4. The van der Waals surface area contributed by atoms with E-state index in [4.69, 9.17) is 15.3 Å². The van der Waals surface area contributed by atoms with Crippen LogP contribution in [0.2, 0.25) is 0 Å². The second-order valence-corrected chi connectivity index (χ2v) is 14.2. The summed E-state index contributed by atoms with van der Waals surface area (Å²) in [6, 6.07) is 70.7. The Bertz CT molecular complexity index is 3150. The van der Waals surface area contributed by atoms with Crippen molar-refractivity contribution < 1.29 is 0 Å². The summed E-state index contributed by atoms with van der Waals surface area (Å²) in [7, 11) is 0. The van der Waals surface area contributed by atoms with E-state index in [9.17, 15) is 0 Å². The summed E-state index contributed by atoms with van der Waals surface area (Å²) in [5.74, 6) is 1.35. The lowest BCUT2D eigenvalue weighted by Crippen LogP contribution is -2.16. The molecule has 1 aliphatic heterocycles. The minimum atomic E-state index is -0.386. The molecule has 3 heterocycles. The van der Waals surface area contributed by atoms with Crippen LogP contribution in [0.3, 0.4) is 0 Å². The van der Waals surface area contributed by atoms with Gasteiger partial charge in [-0.1, -0.05) is 145 Å². The maximum atomic E-state index is 5.10. The van der Waals surface area contributed by atoms with Crippen LogP contribution in [0.4, 0.5) is 0 Å². The molecule has 10 aromatic rings. The zero-order valence-electron chi connectivity index (χ0n) is 30.4. The van der Waals surface area contributed by atoms with Crippen LogP contribution >= 0.6 is 0 Å². The summed E-state index contributed by atoms with van der Waals surface area (Å²) in [4.78, 5) is 10.0. The molecule has 5 heteroatoms. The van der Waals surface area contributed by atoms with Crippen LogP contribution < -0.4 is 0 Å². The molecule has 264 valence electrons. The van der Waals surface area contributed by atoms with Crippen LogP contribution in [0, 0.1) is 0 Å². The van der Waals surface area contributed by atoms with E-state index in [0.717, 1.165) is 39.1 Å². The minimum Gasteiger partial charge on any atom is -0.438 e. The monoisotopic (exact) mass is 716 g/mol. The Kier molecular flexibility index (Phi) is 7.49. The molecule has 8 aromatic carbocycles. The molecule has 0 spiro atoms. The second-order valence-electron chi connectivity index (χ2n) is 14.2. The molecule has 0 amide bonds. The van der Waals surface area contributed by atoms with Crippen molar-refractivity contribution in [1.82, 2.24) is 9.13 Å². The first-order chi connectivity index (χ1) is 27.8. The van der Waals surface area contributed by atoms with E-state index in [1.807, 2.05) is 36.4 Å². The van der Waals surface area contributed by atoms with Crippen molar-refractivity contribution in [3.8, 4) is 22.5 Å². The van der Waals surface area contributed by atoms with Crippen molar-refractivity contribution in [1.29, 1.82) is 0 Å². The summed E-state index contributed by atoms with van der Waals surface area (Å²) < 4.78 is 4.72. The number of fused-ring (bicyclic) bond motifs is 6. The van der Waals surface area contributed by atoms with Crippen molar-refractivity contribution in [3.05, 3.63) is 222 Å². The van der Waals surface area contributed by atoms with Gasteiger partial charge in [0, 0.05) is 32.9 Å². The molecule has 11 rings (SSSR count). The number of hydrogen-bond acceptors (Lipinski definition) is 2. The molecule has 0 fully saturated rings. The summed E-state index contributed by atoms with van der Waals surface area (Å²) >= 11 is 0. The molecule has 0 saturated carbocycles. The van der Waals surface area contributed by atoms with Gasteiger partial charge >= 0.3 is 0 Å². The Labute approximate surface area is 324 Å². The topological polar surface area (TPSA) is 48.7 Å². The molecule has 0 aliphatic carbocycles. The highest BCUT2D eigenvalue weighted by Crippen LogP contribution is 2.39. The van der Waals surface area contributed by atoms with E-state index < -0.39 is 0 Å². The normalized spacial score (nSPS) is 14.2. The third-order valence-electron chi connectivity index (χ3n) is 10.9. The van der Waals surface area contributed by atoms with Gasteiger partial charge in [0.2, 0.25) is 0 Å². The van der Waals surface area contributed by atoms with Crippen molar-refractivity contribution in [2.24, 2.45) is 9.98 Å². The number of aliphatic imine (C=N–C) groups is 2. The first-order valence-electron chi connectivity index (χ1n) is 19.0. The number of para-hydroxylation sites is 3. The predicted octanol–water partition coefficient (Wildman–Crippen LogP) is 12.8. The van der Waals surface area contributed by atoms with Crippen LogP contribution in [0.5, 0.6) is 0 Å². The molecular weight excluding hydrogens is 683 g/mol. The first-order valence-corrected chi connectivity index (χ1v) is 19.0. The fraction of sp³-hybridized carbons (Fsp3) is 0.0196. The van der Waals surface area contributed by atoms with Crippen molar-refractivity contribution in [2.45, 2.75) is 6.17 Å². The van der Waals surface area contributed by atoms with Gasteiger partial charge in [0.15, 0.2) is 0 Å². The van der Waals surface area contributed by atoms with E-state index in [2.05, 4.69) is 173 Å². The average molecular weight is 717 g/mol. The Morgan fingerprint density at radius 2 is 0.875 bits per heavy atom.